The van der Waals surface area contributed by atoms with Gasteiger partial charge in [0.25, 0.3) is 0 Å². The summed E-state index contributed by atoms with van der Waals surface area (Å²) in [5.41, 5.74) is 13.5. The number of para-hydroxylation sites is 1. The maximum Gasteiger partial charge on any atom is 0.0730 e. The molecule has 2 nitrogen and oxygen atoms in total. The van der Waals surface area contributed by atoms with Crippen molar-refractivity contribution >= 4 is 38.2 Å². The molecule has 7 aromatic rings. The lowest BCUT2D eigenvalue weighted by Gasteiger charge is -2.25. The second-order valence-corrected chi connectivity index (χ2v) is 13.3. The molecule has 216 valence electrons. The smallest absolute Gasteiger partial charge is 0.0730 e. The van der Waals surface area contributed by atoms with Crippen LogP contribution < -0.4 is 0 Å². The lowest BCUT2D eigenvalue weighted by Crippen LogP contribution is -2.16. The van der Waals surface area contributed by atoms with E-state index in [4.69, 9.17) is 4.98 Å². The maximum absolute atomic E-state index is 5.30. The van der Waals surface area contributed by atoms with E-state index in [0.717, 1.165) is 29.1 Å². The Hall–Kier alpha value is -5.21. The molecule has 0 saturated carbocycles. The fourth-order valence-electron chi connectivity index (χ4n) is 8.06. The molecule has 1 unspecified atom stereocenters. The van der Waals surface area contributed by atoms with Gasteiger partial charge >= 0.3 is 0 Å². The predicted molar refractivity (Wildman–Crippen MR) is 190 cm³/mol. The first kappa shape index (κ1) is 26.2. The number of rotatable bonds is 3. The van der Waals surface area contributed by atoms with Crippen molar-refractivity contribution in [3.8, 4) is 28.1 Å². The van der Waals surface area contributed by atoms with Crippen molar-refractivity contribution in [2.45, 2.75) is 32.6 Å². The van der Waals surface area contributed by atoms with Gasteiger partial charge in [-0.25, -0.2) is 4.98 Å². The van der Waals surface area contributed by atoms with Gasteiger partial charge in [0.2, 0.25) is 0 Å². The Morgan fingerprint density at radius 3 is 2.24 bits per heavy atom. The van der Waals surface area contributed by atoms with Crippen molar-refractivity contribution in [1.82, 2.24) is 9.55 Å². The van der Waals surface area contributed by atoms with E-state index in [1.54, 1.807) is 0 Å². The largest absolute Gasteiger partial charge is 0.309 e. The Morgan fingerprint density at radius 2 is 1.42 bits per heavy atom. The van der Waals surface area contributed by atoms with E-state index in [2.05, 4.69) is 159 Å². The monoisotopic (exact) mass is 578 g/mol. The Labute approximate surface area is 264 Å². The van der Waals surface area contributed by atoms with E-state index in [1.165, 1.54) is 60.4 Å². The first-order valence-electron chi connectivity index (χ1n) is 16.0. The molecule has 2 aliphatic rings. The standard InChI is InChI=1S/C43H34N2/c1-27-14-13-17-29(24-27)37-26-30(25-36(44-37)28-15-5-4-6-16-28)45-38-23-12-10-21-34(38)40-32-19-8-7-18-31(32)39-33-20-9-11-22-35(33)43(2,3)41(39)42(40)45/h4-23,25-27H,24H2,1-3H3. The van der Waals surface area contributed by atoms with E-state index >= 15 is 0 Å². The number of allylic oxidation sites excluding steroid dienone is 4. The van der Waals surface area contributed by atoms with E-state index in [-0.39, 0.29) is 5.41 Å². The van der Waals surface area contributed by atoms with Crippen LogP contribution in [0.15, 0.2) is 133 Å². The van der Waals surface area contributed by atoms with Crippen LogP contribution in [-0.2, 0) is 5.41 Å². The average molecular weight is 579 g/mol. The number of nitrogens with zero attached hydrogens (tertiary/aromatic N) is 2. The Balaban J connectivity index is 1.47. The lowest BCUT2D eigenvalue weighted by atomic mass is 9.80. The number of aromatic nitrogens is 2. The predicted octanol–water partition coefficient (Wildman–Crippen LogP) is 11.3. The SMILES string of the molecule is CC1C=CC=C(c2cc(-n3c4ccccc4c4c5ccccc5c5c(c43)C(C)(C)c3ccccc3-5)cc(-c3ccccc3)n2)C1. The molecular formula is C43H34N2. The zero-order valence-corrected chi connectivity index (χ0v) is 25.9. The van der Waals surface area contributed by atoms with Gasteiger partial charge in [0.1, 0.15) is 0 Å². The van der Waals surface area contributed by atoms with Crippen molar-refractivity contribution in [3.63, 3.8) is 0 Å². The molecule has 9 rings (SSSR count). The Morgan fingerprint density at radius 1 is 0.733 bits per heavy atom. The summed E-state index contributed by atoms with van der Waals surface area (Å²) in [5, 5.41) is 5.25. The maximum atomic E-state index is 5.30. The number of hydrogen-bond acceptors (Lipinski definition) is 1. The molecule has 0 spiro atoms. The number of pyridine rings is 1. The third-order valence-corrected chi connectivity index (χ3v) is 10.1. The minimum absolute atomic E-state index is 0.176. The molecule has 1 atom stereocenters. The van der Waals surface area contributed by atoms with Crippen LogP contribution in [0.1, 0.15) is 44.0 Å². The summed E-state index contributed by atoms with van der Waals surface area (Å²) in [6, 6.07) is 42.2. The van der Waals surface area contributed by atoms with Crippen LogP contribution >= 0.6 is 0 Å². The zero-order valence-electron chi connectivity index (χ0n) is 25.9. The van der Waals surface area contributed by atoms with E-state index in [9.17, 15) is 0 Å². The second kappa shape index (κ2) is 9.64. The van der Waals surface area contributed by atoms with E-state index in [1.807, 2.05) is 0 Å². The highest BCUT2D eigenvalue weighted by Gasteiger charge is 2.40. The van der Waals surface area contributed by atoms with Crippen LogP contribution in [0.5, 0.6) is 0 Å². The molecule has 2 aromatic heterocycles. The minimum Gasteiger partial charge on any atom is -0.309 e. The fourth-order valence-corrected chi connectivity index (χ4v) is 8.06. The van der Waals surface area contributed by atoms with Gasteiger partial charge in [0.15, 0.2) is 0 Å². The molecule has 5 aromatic carbocycles. The normalized spacial score (nSPS) is 16.7. The van der Waals surface area contributed by atoms with E-state index < -0.39 is 0 Å². The molecule has 2 aliphatic carbocycles. The first-order chi connectivity index (χ1) is 22.0. The zero-order chi connectivity index (χ0) is 30.3. The molecule has 0 amide bonds. The third-order valence-electron chi connectivity index (χ3n) is 10.1. The Kier molecular flexibility index (Phi) is 5.62. The van der Waals surface area contributed by atoms with Crippen LogP contribution in [0, 0.1) is 5.92 Å². The summed E-state index contributed by atoms with van der Waals surface area (Å²) in [4.78, 5) is 5.30. The molecule has 0 bridgehead atoms. The van der Waals surface area contributed by atoms with Gasteiger partial charge in [-0.1, -0.05) is 136 Å². The highest BCUT2D eigenvalue weighted by molar-refractivity contribution is 6.27. The van der Waals surface area contributed by atoms with Gasteiger partial charge in [0.05, 0.1) is 28.1 Å². The molecule has 2 heteroatoms. The first-order valence-corrected chi connectivity index (χ1v) is 16.0. The van der Waals surface area contributed by atoms with Gasteiger partial charge in [-0.15, -0.1) is 0 Å². The molecule has 0 N–H and O–H groups in total. The summed E-state index contributed by atoms with van der Waals surface area (Å²) < 4.78 is 2.55. The number of hydrogen-bond donors (Lipinski definition) is 0. The number of fused-ring (bicyclic) bond motifs is 10. The molecular weight excluding hydrogens is 544 g/mol. The van der Waals surface area contributed by atoms with Gasteiger partial charge < -0.3 is 4.57 Å². The molecule has 0 saturated heterocycles. The van der Waals surface area contributed by atoms with Crippen LogP contribution in [0.3, 0.4) is 0 Å². The van der Waals surface area contributed by atoms with Crippen molar-refractivity contribution in [1.29, 1.82) is 0 Å². The summed E-state index contributed by atoms with van der Waals surface area (Å²) in [5.74, 6) is 0.484. The third kappa shape index (κ3) is 3.78. The Bertz CT molecular complexity index is 2380. The number of benzene rings is 5. The summed E-state index contributed by atoms with van der Waals surface area (Å²) >= 11 is 0. The topological polar surface area (TPSA) is 17.8 Å². The molecule has 0 aliphatic heterocycles. The highest BCUT2D eigenvalue weighted by Crippen LogP contribution is 2.56. The summed E-state index contributed by atoms with van der Waals surface area (Å²) in [6.07, 6.45) is 7.71. The van der Waals surface area contributed by atoms with Crippen LogP contribution in [0.25, 0.3) is 66.2 Å². The van der Waals surface area contributed by atoms with Crippen molar-refractivity contribution in [2.75, 3.05) is 0 Å². The summed E-state index contributed by atoms with van der Waals surface area (Å²) in [7, 11) is 0. The lowest BCUT2D eigenvalue weighted by molar-refractivity contribution is 0.664. The highest BCUT2D eigenvalue weighted by atomic mass is 15.0. The quantitative estimate of drug-likeness (QED) is 0.204. The second-order valence-electron chi connectivity index (χ2n) is 13.3. The van der Waals surface area contributed by atoms with Crippen molar-refractivity contribution in [2.24, 2.45) is 5.92 Å². The summed E-state index contributed by atoms with van der Waals surface area (Å²) in [6.45, 7) is 7.09. The van der Waals surface area contributed by atoms with Crippen molar-refractivity contribution in [3.05, 3.63) is 150 Å². The average Bonchev–Trinajstić information content (AvgIpc) is 3.54. The fraction of sp³-hybridized carbons (Fsp3) is 0.140. The van der Waals surface area contributed by atoms with Gasteiger partial charge in [-0.05, 0) is 69.1 Å². The van der Waals surface area contributed by atoms with Gasteiger partial charge in [0, 0.05) is 21.8 Å². The van der Waals surface area contributed by atoms with Crippen LogP contribution in [0.2, 0.25) is 0 Å². The van der Waals surface area contributed by atoms with Crippen molar-refractivity contribution < 1.29 is 0 Å². The minimum atomic E-state index is -0.176. The molecule has 45 heavy (non-hydrogen) atoms. The van der Waals surface area contributed by atoms with E-state index in [0.29, 0.717) is 5.92 Å². The van der Waals surface area contributed by atoms with Gasteiger partial charge in [-0.2, -0.15) is 0 Å². The van der Waals surface area contributed by atoms with Gasteiger partial charge in [-0.3, -0.25) is 0 Å². The molecule has 0 radical (unpaired) electrons. The molecule has 2 heterocycles. The molecule has 0 fully saturated rings. The van der Waals surface area contributed by atoms with Crippen LogP contribution in [-0.4, -0.2) is 9.55 Å². The van der Waals surface area contributed by atoms with Crippen LogP contribution in [0.4, 0.5) is 0 Å².